The van der Waals surface area contributed by atoms with Crippen molar-refractivity contribution in [3.8, 4) is 16.9 Å². The molecule has 2 nitrogen and oxygen atoms in total. The Kier molecular flexibility index (Phi) is 5.78. The lowest BCUT2D eigenvalue weighted by atomic mass is 9.83. The molecular formula is C26H29NO. The molecule has 0 heterocycles. The van der Waals surface area contributed by atoms with Gasteiger partial charge in [0.15, 0.2) is 0 Å². The second kappa shape index (κ2) is 8.62. The average molecular weight is 372 g/mol. The molecule has 1 atom stereocenters. The zero-order chi connectivity index (χ0) is 19.3. The Labute approximate surface area is 168 Å². The van der Waals surface area contributed by atoms with Crippen molar-refractivity contribution in [3.63, 3.8) is 0 Å². The largest absolute Gasteiger partial charge is 0.489 e. The molecule has 1 aliphatic carbocycles. The summed E-state index contributed by atoms with van der Waals surface area (Å²) in [5.74, 6) is 1.75. The molecule has 3 aromatic rings. The first kappa shape index (κ1) is 18.8. The number of rotatable bonds is 6. The first-order chi connectivity index (χ1) is 13.7. The number of ether oxygens (including phenoxy) is 1. The first-order valence-electron chi connectivity index (χ1n) is 10.2. The molecule has 2 heteroatoms. The van der Waals surface area contributed by atoms with E-state index >= 15 is 0 Å². The summed E-state index contributed by atoms with van der Waals surface area (Å²) in [7, 11) is 4.33. The third kappa shape index (κ3) is 4.63. The molecular weight excluding hydrogens is 342 g/mol. The molecule has 4 rings (SSSR count). The normalized spacial score (nSPS) is 16.0. The molecule has 1 aliphatic rings. The number of benzene rings is 3. The van der Waals surface area contributed by atoms with Gasteiger partial charge in [0.1, 0.15) is 12.4 Å². The van der Waals surface area contributed by atoms with Crippen molar-refractivity contribution in [2.45, 2.75) is 25.9 Å². The van der Waals surface area contributed by atoms with Gasteiger partial charge in [-0.2, -0.15) is 0 Å². The van der Waals surface area contributed by atoms with Gasteiger partial charge in [-0.25, -0.2) is 0 Å². The SMILES string of the molecule is CN(C)CC1CCc2cc(OCc3cccc(-c4ccccc4)c3)ccc2C1. The van der Waals surface area contributed by atoms with E-state index in [9.17, 15) is 0 Å². The van der Waals surface area contributed by atoms with Gasteiger partial charge in [-0.15, -0.1) is 0 Å². The third-order valence-electron chi connectivity index (χ3n) is 5.57. The predicted molar refractivity (Wildman–Crippen MR) is 117 cm³/mol. The Morgan fingerprint density at radius 3 is 2.50 bits per heavy atom. The van der Waals surface area contributed by atoms with E-state index in [0.717, 1.165) is 18.1 Å². The maximum atomic E-state index is 6.13. The summed E-state index contributed by atoms with van der Waals surface area (Å²) in [6.45, 7) is 1.78. The average Bonchev–Trinajstić information content (AvgIpc) is 2.72. The van der Waals surface area contributed by atoms with Crippen molar-refractivity contribution in [2.24, 2.45) is 5.92 Å². The zero-order valence-electron chi connectivity index (χ0n) is 16.9. The molecule has 0 radical (unpaired) electrons. The number of fused-ring (bicyclic) bond motifs is 1. The predicted octanol–water partition coefficient (Wildman–Crippen LogP) is 5.60. The van der Waals surface area contributed by atoms with Crippen molar-refractivity contribution in [2.75, 3.05) is 20.6 Å². The molecule has 0 bridgehead atoms. The molecule has 0 aromatic heterocycles. The second-order valence-electron chi connectivity index (χ2n) is 8.16. The van der Waals surface area contributed by atoms with Gasteiger partial charge in [-0.1, -0.05) is 54.6 Å². The highest BCUT2D eigenvalue weighted by atomic mass is 16.5. The van der Waals surface area contributed by atoms with Crippen molar-refractivity contribution < 1.29 is 4.74 Å². The smallest absolute Gasteiger partial charge is 0.120 e. The fourth-order valence-electron chi connectivity index (χ4n) is 4.21. The summed E-state index contributed by atoms with van der Waals surface area (Å²) < 4.78 is 6.13. The quantitative estimate of drug-likeness (QED) is 0.559. The van der Waals surface area contributed by atoms with Crippen molar-refractivity contribution in [3.05, 3.63) is 89.5 Å². The molecule has 28 heavy (non-hydrogen) atoms. The molecule has 0 fully saturated rings. The summed E-state index contributed by atoms with van der Waals surface area (Å²) in [5.41, 5.74) is 6.64. The summed E-state index contributed by atoms with van der Waals surface area (Å²) in [5, 5.41) is 0. The van der Waals surface area contributed by atoms with Gasteiger partial charge in [-0.05, 0) is 85.3 Å². The van der Waals surface area contributed by atoms with Gasteiger partial charge in [0.25, 0.3) is 0 Å². The first-order valence-corrected chi connectivity index (χ1v) is 10.2. The Balaban J connectivity index is 1.41. The van der Waals surface area contributed by atoms with E-state index in [2.05, 4.69) is 91.8 Å². The van der Waals surface area contributed by atoms with Crippen LogP contribution in [0.1, 0.15) is 23.1 Å². The maximum Gasteiger partial charge on any atom is 0.120 e. The molecule has 0 spiro atoms. The lowest BCUT2D eigenvalue weighted by Crippen LogP contribution is -2.26. The molecule has 3 aromatic carbocycles. The fourth-order valence-corrected chi connectivity index (χ4v) is 4.21. The van der Waals surface area contributed by atoms with Gasteiger partial charge >= 0.3 is 0 Å². The summed E-state index contributed by atoms with van der Waals surface area (Å²) in [6.07, 6.45) is 3.62. The van der Waals surface area contributed by atoms with Gasteiger partial charge in [0.2, 0.25) is 0 Å². The molecule has 0 saturated carbocycles. The monoisotopic (exact) mass is 371 g/mol. The van der Waals surface area contributed by atoms with Crippen molar-refractivity contribution in [1.29, 1.82) is 0 Å². The second-order valence-corrected chi connectivity index (χ2v) is 8.16. The van der Waals surface area contributed by atoms with E-state index in [-0.39, 0.29) is 0 Å². The zero-order valence-corrected chi connectivity index (χ0v) is 16.9. The minimum Gasteiger partial charge on any atom is -0.489 e. The van der Waals surface area contributed by atoms with Crippen LogP contribution in [0.4, 0.5) is 0 Å². The number of aryl methyl sites for hydroxylation is 1. The van der Waals surface area contributed by atoms with Gasteiger partial charge in [-0.3, -0.25) is 0 Å². The Morgan fingerprint density at radius 1 is 0.857 bits per heavy atom. The Morgan fingerprint density at radius 2 is 1.68 bits per heavy atom. The van der Waals surface area contributed by atoms with Crippen LogP contribution in [0.25, 0.3) is 11.1 Å². The highest BCUT2D eigenvalue weighted by Crippen LogP contribution is 2.29. The lowest BCUT2D eigenvalue weighted by Gasteiger charge is -2.27. The van der Waals surface area contributed by atoms with Crippen molar-refractivity contribution in [1.82, 2.24) is 4.90 Å². The molecule has 0 N–H and O–H groups in total. The van der Waals surface area contributed by atoms with E-state index in [1.165, 1.54) is 47.2 Å². The van der Waals surface area contributed by atoms with Crippen LogP contribution in [0, 0.1) is 5.92 Å². The van der Waals surface area contributed by atoms with E-state index in [1.54, 1.807) is 0 Å². The minimum atomic E-state index is 0.600. The van der Waals surface area contributed by atoms with Crippen LogP contribution in [0.15, 0.2) is 72.8 Å². The highest BCUT2D eigenvalue weighted by Gasteiger charge is 2.19. The van der Waals surface area contributed by atoms with E-state index < -0.39 is 0 Å². The molecule has 0 amide bonds. The molecule has 144 valence electrons. The van der Waals surface area contributed by atoms with Crippen LogP contribution < -0.4 is 4.74 Å². The van der Waals surface area contributed by atoms with Crippen LogP contribution in [0.2, 0.25) is 0 Å². The maximum absolute atomic E-state index is 6.13. The fraction of sp³-hybridized carbons (Fsp3) is 0.308. The lowest BCUT2D eigenvalue weighted by molar-refractivity contribution is 0.297. The van der Waals surface area contributed by atoms with Crippen LogP contribution in [0.5, 0.6) is 5.75 Å². The molecule has 0 saturated heterocycles. The van der Waals surface area contributed by atoms with E-state index in [1.807, 2.05) is 0 Å². The summed E-state index contributed by atoms with van der Waals surface area (Å²) >= 11 is 0. The topological polar surface area (TPSA) is 12.5 Å². The molecule has 0 aliphatic heterocycles. The van der Waals surface area contributed by atoms with Gasteiger partial charge in [0.05, 0.1) is 0 Å². The number of hydrogen-bond donors (Lipinski definition) is 0. The van der Waals surface area contributed by atoms with Gasteiger partial charge in [0, 0.05) is 6.54 Å². The van der Waals surface area contributed by atoms with Gasteiger partial charge < -0.3 is 9.64 Å². The standard InChI is InChI=1S/C26H29NO/c1-27(2)18-20-11-12-25-17-26(14-13-24(25)15-20)28-19-21-7-6-10-23(16-21)22-8-4-3-5-9-22/h3-10,13-14,16-17,20H,11-12,15,18-19H2,1-2H3. The van der Waals surface area contributed by atoms with Crippen molar-refractivity contribution >= 4 is 0 Å². The third-order valence-corrected chi connectivity index (χ3v) is 5.57. The van der Waals surface area contributed by atoms with Crippen LogP contribution in [-0.2, 0) is 19.4 Å². The van der Waals surface area contributed by atoms with Crippen LogP contribution in [-0.4, -0.2) is 25.5 Å². The van der Waals surface area contributed by atoms with Crippen LogP contribution >= 0.6 is 0 Å². The number of hydrogen-bond acceptors (Lipinski definition) is 2. The van der Waals surface area contributed by atoms with Crippen LogP contribution in [0.3, 0.4) is 0 Å². The summed E-state index contributed by atoms with van der Waals surface area (Å²) in [6, 6.07) is 25.8. The van der Waals surface area contributed by atoms with E-state index in [0.29, 0.717) is 6.61 Å². The Hall–Kier alpha value is -2.58. The minimum absolute atomic E-state index is 0.600. The van der Waals surface area contributed by atoms with E-state index in [4.69, 9.17) is 4.74 Å². The highest BCUT2D eigenvalue weighted by molar-refractivity contribution is 5.63. The molecule has 1 unspecified atom stereocenters. The summed E-state index contributed by atoms with van der Waals surface area (Å²) in [4.78, 5) is 2.30. The Bertz CT molecular complexity index is 917. The number of nitrogens with zero attached hydrogens (tertiary/aromatic N) is 1.